The largest absolute Gasteiger partial charge is 0.497 e. The van der Waals surface area contributed by atoms with E-state index < -0.39 is 0 Å². The van der Waals surface area contributed by atoms with Crippen LogP contribution in [0.15, 0.2) is 42.5 Å². The number of nitrogens with one attached hydrogen (secondary N) is 1. The average Bonchev–Trinajstić information content (AvgIpc) is 2.75. The summed E-state index contributed by atoms with van der Waals surface area (Å²) in [6.45, 7) is 8.47. The van der Waals surface area contributed by atoms with Gasteiger partial charge in [-0.05, 0) is 62.2 Å². The van der Waals surface area contributed by atoms with E-state index in [1.54, 1.807) is 31.4 Å². The zero-order valence-corrected chi connectivity index (χ0v) is 17.6. The van der Waals surface area contributed by atoms with E-state index in [0.29, 0.717) is 31.7 Å². The van der Waals surface area contributed by atoms with Gasteiger partial charge in [0, 0.05) is 37.4 Å². The summed E-state index contributed by atoms with van der Waals surface area (Å²) < 4.78 is 5.14. The molecular formula is C23H29N3O3. The quantitative estimate of drug-likeness (QED) is 0.845. The lowest BCUT2D eigenvalue weighted by molar-refractivity contribution is -0.121. The van der Waals surface area contributed by atoms with Crippen molar-refractivity contribution < 1.29 is 14.3 Å². The van der Waals surface area contributed by atoms with Gasteiger partial charge in [-0.3, -0.25) is 14.5 Å². The number of rotatable bonds is 5. The third kappa shape index (κ3) is 4.95. The maximum Gasteiger partial charge on any atom is 0.253 e. The van der Waals surface area contributed by atoms with E-state index in [1.807, 2.05) is 43.9 Å². The van der Waals surface area contributed by atoms with Crippen molar-refractivity contribution in [2.75, 3.05) is 38.6 Å². The Morgan fingerprint density at radius 2 is 1.66 bits per heavy atom. The molecule has 1 fully saturated rings. The van der Waals surface area contributed by atoms with Gasteiger partial charge in [0.2, 0.25) is 5.91 Å². The molecule has 0 radical (unpaired) electrons. The zero-order chi connectivity index (χ0) is 21.0. The van der Waals surface area contributed by atoms with Crippen molar-refractivity contribution in [2.45, 2.75) is 26.8 Å². The minimum Gasteiger partial charge on any atom is -0.497 e. The second-order valence-electron chi connectivity index (χ2n) is 7.54. The number of benzene rings is 2. The molecule has 0 spiro atoms. The molecule has 1 unspecified atom stereocenters. The molecule has 2 amide bonds. The molecular weight excluding hydrogens is 366 g/mol. The second-order valence-corrected chi connectivity index (χ2v) is 7.54. The summed E-state index contributed by atoms with van der Waals surface area (Å²) in [7, 11) is 1.60. The summed E-state index contributed by atoms with van der Waals surface area (Å²) in [5.74, 6) is 0.725. The number of carbonyl (C=O) groups excluding carboxylic acids is 2. The Kier molecular flexibility index (Phi) is 6.54. The Labute approximate surface area is 172 Å². The maximum absolute atomic E-state index is 12.7. The van der Waals surface area contributed by atoms with Gasteiger partial charge in [-0.25, -0.2) is 0 Å². The number of ether oxygens (including phenoxy) is 1. The number of carbonyl (C=O) groups is 2. The predicted octanol–water partition coefficient (Wildman–Crippen LogP) is 3.10. The van der Waals surface area contributed by atoms with Gasteiger partial charge in [0.15, 0.2) is 0 Å². The van der Waals surface area contributed by atoms with Gasteiger partial charge < -0.3 is 15.0 Å². The standard InChI is InChI=1S/C23H29N3O3/c1-16-5-6-17(2)21(15-16)24-22(27)18(3)25-11-13-26(14-12-25)23(28)19-7-9-20(29-4)10-8-19/h5-10,15,18H,11-14H2,1-4H3,(H,24,27). The lowest BCUT2D eigenvalue weighted by atomic mass is 10.1. The highest BCUT2D eigenvalue weighted by Crippen LogP contribution is 2.18. The summed E-state index contributed by atoms with van der Waals surface area (Å²) in [6.07, 6.45) is 0. The van der Waals surface area contributed by atoms with Crippen LogP contribution in [-0.2, 0) is 4.79 Å². The molecule has 0 bridgehead atoms. The van der Waals surface area contributed by atoms with Gasteiger partial charge in [-0.15, -0.1) is 0 Å². The number of aryl methyl sites for hydroxylation is 2. The Morgan fingerprint density at radius 1 is 1.00 bits per heavy atom. The van der Waals surface area contributed by atoms with Crippen LogP contribution in [0.2, 0.25) is 0 Å². The third-order valence-electron chi connectivity index (χ3n) is 5.52. The van der Waals surface area contributed by atoms with Crippen LogP contribution in [0.5, 0.6) is 5.75 Å². The van der Waals surface area contributed by atoms with Gasteiger partial charge in [0.25, 0.3) is 5.91 Å². The number of anilines is 1. The van der Waals surface area contributed by atoms with E-state index in [1.165, 1.54) is 0 Å². The topological polar surface area (TPSA) is 61.9 Å². The molecule has 0 aromatic heterocycles. The first kappa shape index (κ1) is 20.9. The fourth-order valence-electron chi connectivity index (χ4n) is 3.50. The van der Waals surface area contributed by atoms with Gasteiger partial charge in [0.1, 0.15) is 5.75 Å². The highest BCUT2D eigenvalue weighted by atomic mass is 16.5. The molecule has 0 aliphatic carbocycles. The lowest BCUT2D eigenvalue weighted by Gasteiger charge is -2.37. The van der Waals surface area contributed by atoms with Crippen LogP contribution in [-0.4, -0.2) is 60.9 Å². The molecule has 1 heterocycles. The normalized spacial score (nSPS) is 15.7. The number of nitrogens with zero attached hydrogens (tertiary/aromatic N) is 2. The summed E-state index contributed by atoms with van der Waals surface area (Å²) in [5, 5.41) is 3.05. The van der Waals surface area contributed by atoms with E-state index in [-0.39, 0.29) is 17.9 Å². The summed E-state index contributed by atoms with van der Waals surface area (Å²) in [6, 6.07) is 12.9. The Bertz CT molecular complexity index is 871. The second kappa shape index (κ2) is 9.09. The summed E-state index contributed by atoms with van der Waals surface area (Å²) >= 11 is 0. The van der Waals surface area contributed by atoms with Crippen LogP contribution in [0.1, 0.15) is 28.4 Å². The number of hydrogen-bond donors (Lipinski definition) is 1. The minimum absolute atomic E-state index is 0.0137. The molecule has 2 aromatic rings. The van der Waals surface area contributed by atoms with Crippen molar-refractivity contribution in [3.05, 3.63) is 59.2 Å². The van der Waals surface area contributed by atoms with Crippen molar-refractivity contribution in [2.24, 2.45) is 0 Å². The van der Waals surface area contributed by atoms with Gasteiger partial charge in [0.05, 0.1) is 13.2 Å². The molecule has 1 N–H and O–H groups in total. The van der Waals surface area contributed by atoms with Crippen LogP contribution in [0.3, 0.4) is 0 Å². The molecule has 2 aromatic carbocycles. The smallest absolute Gasteiger partial charge is 0.253 e. The van der Waals surface area contributed by atoms with E-state index >= 15 is 0 Å². The van der Waals surface area contributed by atoms with Crippen LogP contribution >= 0.6 is 0 Å². The van der Waals surface area contributed by atoms with Gasteiger partial charge >= 0.3 is 0 Å². The first-order chi connectivity index (χ1) is 13.9. The Balaban J connectivity index is 1.55. The van der Waals surface area contributed by atoms with Crippen molar-refractivity contribution in [1.29, 1.82) is 0 Å². The first-order valence-electron chi connectivity index (χ1n) is 9.94. The van der Waals surface area contributed by atoms with Crippen molar-refractivity contribution >= 4 is 17.5 Å². The number of piperazine rings is 1. The van der Waals surface area contributed by atoms with Crippen molar-refractivity contribution in [3.63, 3.8) is 0 Å². The first-order valence-corrected chi connectivity index (χ1v) is 9.94. The van der Waals surface area contributed by atoms with E-state index in [0.717, 1.165) is 22.6 Å². The number of hydrogen-bond acceptors (Lipinski definition) is 4. The monoisotopic (exact) mass is 395 g/mol. The molecule has 1 saturated heterocycles. The van der Waals surface area contributed by atoms with Crippen molar-refractivity contribution in [1.82, 2.24) is 9.80 Å². The van der Waals surface area contributed by atoms with Gasteiger partial charge in [-0.2, -0.15) is 0 Å². The number of methoxy groups -OCH3 is 1. The highest BCUT2D eigenvalue weighted by Gasteiger charge is 2.28. The van der Waals surface area contributed by atoms with Crippen molar-refractivity contribution in [3.8, 4) is 5.75 Å². The van der Waals surface area contributed by atoms with Gasteiger partial charge in [-0.1, -0.05) is 12.1 Å². The zero-order valence-electron chi connectivity index (χ0n) is 17.6. The molecule has 3 rings (SSSR count). The fourth-order valence-corrected chi connectivity index (χ4v) is 3.50. The molecule has 1 atom stereocenters. The minimum atomic E-state index is -0.256. The SMILES string of the molecule is COc1ccc(C(=O)N2CCN(C(C)C(=O)Nc3cc(C)ccc3C)CC2)cc1. The molecule has 29 heavy (non-hydrogen) atoms. The molecule has 6 heteroatoms. The highest BCUT2D eigenvalue weighted by molar-refractivity contribution is 5.96. The number of amides is 2. The molecule has 6 nitrogen and oxygen atoms in total. The third-order valence-corrected chi connectivity index (χ3v) is 5.52. The molecule has 154 valence electrons. The van der Waals surface area contributed by atoms with E-state index in [4.69, 9.17) is 4.74 Å². The molecule has 1 aliphatic rings. The summed E-state index contributed by atoms with van der Waals surface area (Å²) in [4.78, 5) is 29.4. The molecule has 1 aliphatic heterocycles. The van der Waals surface area contributed by atoms with E-state index in [9.17, 15) is 9.59 Å². The van der Waals surface area contributed by atoms with Crippen LogP contribution in [0.25, 0.3) is 0 Å². The summed E-state index contributed by atoms with van der Waals surface area (Å²) in [5.41, 5.74) is 3.67. The molecule has 0 saturated carbocycles. The van der Waals surface area contributed by atoms with Crippen LogP contribution in [0.4, 0.5) is 5.69 Å². The Hall–Kier alpha value is -2.86. The van der Waals surface area contributed by atoms with Crippen LogP contribution in [0, 0.1) is 13.8 Å². The Morgan fingerprint density at radius 3 is 2.28 bits per heavy atom. The van der Waals surface area contributed by atoms with Crippen LogP contribution < -0.4 is 10.1 Å². The fraction of sp³-hybridized carbons (Fsp3) is 0.391. The van der Waals surface area contributed by atoms with E-state index in [2.05, 4.69) is 10.2 Å². The lowest BCUT2D eigenvalue weighted by Crippen LogP contribution is -2.54. The average molecular weight is 396 g/mol. The maximum atomic E-state index is 12.7. The predicted molar refractivity (Wildman–Crippen MR) is 114 cm³/mol.